The van der Waals surface area contributed by atoms with Crippen LogP contribution in [-0.4, -0.2) is 10.4 Å². The Morgan fingerprint density at radius 1 is 1.35 bits per heavy atom. The molecule has 0 radical (unpaired) electrons. The van der Waals surface area contributed by atoms with E-state index in [2.05, 4.69) is 51.0 Å². The fourth-order valence-corrected chi connectivity index (χ4v) is 2.37. The molecule has 90 valence electrons. The summed E-state index contributed by atoms with van der Waals surface area (Å²) in [4.78, 5) is 11.2. The molecule has 0 aliphatic heterocycles. The number of halogens is 1. The molecular weight excluding hydrogens is 278 g/mol. The third-order valence-electron chi connectivity index (χ3n) is 2.98. The number of nitrogens with zero attached hydrogens (tertiary/aromatic N) is 1. The first-order chi connectivity index (χ1) is 8.20. The molecule has 17 heavy (non-hydrogen) atoms. The molecule has 1 aromatic carbocycles. The third-order valence-corrected chi connectivity index (χ3v) is 3.48. The van der Waals surface area contributed by atoms with E-state index in [1.165, 1.54) is 10.9 Å². The van der Waals surface area contributed by atoms with Crippen molar-refractivity contribution < 1.29 is 4.79 Å². The number of aromatic nitrogens is 1. The van der Waals surface area contributed by atoms with E-state index in [0.717, 1.165) is 17.4 Å². The molecule has 0 N–H and O–H groups in total. The highest BCUT2D eigenvalue weighted by atomic mass is 79.9. The standard InChI is InChI=1S/C14H16BrNO/c1-2-13(17)4-3-8-16-9-7-11-10-12(15)5-6-14(11)16/h5-7,9-10H,2-4,8H2,1H3. The Bertz CT molecular complexity index is 530. The predicted molar refractivity (Wildman–Crippen MR) is 74.2 cm³/mol. The Balaban J connectivity index is 2.06. The van der Waals surface area contributed by atoms with E-state index in [9.17, 15) is 4.79 Å². The Hall–Kier alpha value is -1.09. The highest BCUT2D eigenvalue weighted by Gasteiger charge is 2.02. The van der Waals surface area contributed by atoms with Crippen molar-refractivity contribution in [1.82, 2.24) is 4.57 Å². The minimum absolute atomic E-state index is 0.351. The topological polar surface area (TPSA) is 22.0 Å². The van der Waals surface area contributed by atoms with E-state index >= 15 is 0 Å². The van der Waals surface area contributed by atoms with Gasteiger partial charge in [-0.2, -0.15) is 0 Å². The predicted octanol–water partition coefficient (Wildman–Crippen LogP) is 4.16. The number of aryl methyl sites for hydroxylation is 1. The van der Waals surface area contributed by atoms with Crippen LogP contribution in [0.4, 0.5) is 0 Å². The lowest BCUT2D eigenvalue weighted by Gasteiger charge is -2.04. The van der Waals surface area contributed by atoms with E-state index in [4.69, 9.17) is 0 Å². The molecule has 0 spiro atoms. The zero-order chi connectivity index (χ0) is 12.3. The van der Waals surface area contributed by atoms with Crippen molar-refractivity contribution in [3.05, 3.63) is 34.9 Å². The summed E-state index contributed by atoms with van der Waals surface area (Å²) in [5.41, 5.74) is 1.23. The summed E-state index contributed by atoms with van der Waals surface area (Å²) in [5, 5.41) is 1.24. The molecule has 2 rings (SSSR count). The summed E-state index contributed by atoms with van der Waals surface area (Å²) < 4.78 is 3.31. The zero-order valence-corrected chi connectivity index (χ0v) is 11.5. The van der Waals surface area contributed by atoms with Gasteiger partial charge in [-0.15, -0.1) is 0 Å². The lowest BCUT2D eigenvalue weighted by Crippen LogP contribution is -2.00. The van der Waals surface area contributed by atoms with Gasteiger partial charge in [0, 0.05) is 41.0 Å². The van der Waals surface area contributed by atoms with Crippen LogP contribution in [-0.2, 0) is 11.3 Å². The van der Waals surface area contributed by atoms with Gasteiger partial charge in [0.1, 0.15) is 5.78 Å². The van der Waals surface area contributed by atoms with Crippen molar-refractivity contribution in [3.8, 4) is 0 Å². The molecule has 0 unspecified atom stereocenters. The number of carbonyl (C=O) groups excluding carboxylic acids is 1. The lowest BCUT2D eigenvalue weighted by atomic mass is 10.2. The average Bonchev–Trinajstić information content (AvgIpc) is 2.71. The largest absolute Gasteiger partial charge is 0.347 e. The van der Waals surface area contributed by atoms with Gasteiger partial charge in [-0.3, -0.25) is 4.79 Å². The maximum absolute atomic E-state index is 11.2. The van der Waals surface area contributed by atoms with Crippen LogP contribution in [0.5, 0.6) is 0 Å². The van der Waals surface area contributed by atoms with Crippen LogP contribution in [0.2, 0.25) is 0 Å². The van der Waals surface area contributed by atoms with Gasteiger partial charge in [0.2, 0.25) is 0 Å². The van der Waals surface area contributed by atoms with Gasteiger partial charge in [0.25, 0.3) is 0 Å². The van der Waals surface area contributed by atoms with Crippen molar-refractivity contribution in [2.75, 3.05) is 0 Å². The summed E-state index contributed by atoms with van der Waals surface area (Å²) in [6, 6.07) is 8.39. The van der Waals surface area contributed by atoms with E-state index in [1.54, 1.807) is 0 Å². The van der Waals surface area contributed by atoms with Gasteiger partial charge in [-0.05, 0) is 30.7 Å². The SMILES string of the molecule is CCC(=O)CCCn1ccc2cc(Br)ccc21. The molecule has 0 saturated carbocycles. The van der Waals surface area contributed by atoms with Crippen LogP contribution >= 0.6 is 15.9 Å². The minimum Gasteiger partial charge on any atom is -0.347 e. The molecule has 1 heterocycles. The normalized spacial score (nSPS) is 10.9. The van der Waals surface area contributed by atoms with E-state index in [-0.39, 0.29) is 0 Å². The highest BCUT2D eigenvalue weighted by Crippen LogP contribution is 2.21. The summed E-state index contributed by atoms with van der Waals surface area (Å²) >= 11 is 3.47. The third kappa shape index (κ3) is 2.97. The molecule has 2 nitrogen and oxygen atoms in total. The fraction of sp³-hybridized carbons (Fsp3) is 0.357. The van der Waals surface area contributed by atoms with Gasteiger partial charge < -0.3 is 4.57 Å². The molecule has 0 saturated heterocycles. The Kier molecular flexibility index (Phi) is 4.00. The summed E-state index contributed by atoms with van der Waals surface area (Å²) in [5.74, 6) is 0.351. The quantitative estimate of drug-likeness (QED) is 0.811. The summed E-state index contributed by atoms with van der Waals surface area (Å²) in [6.07, 6.45) is 4.35. The molecule has 0 atom stereocenters. The molecular formula is C14H16BrNO. The number of rotatable bonds is 5. The molecule has 0 fully saturated rings. The molecule has 0 bridgehead atoms. The van der Waals surface area contributed by atoms with Gasteiger partial charge in [0.15, 0.2) is 0 Å². The second kappa shape index (κ2) is 5.50. The molecule has 2 aromatic rings. The minimum atomic E-state index is 0.351. The van der Waals surface area contributed by atoms with Crippen molar-refractivity contribution >= 4 is 32.6 Å². The van der Waals surface area contributed by atoms with E-state index in [0.29, 0.717) is 18.6 Å². The molecule has 1 aromatic heterocycles. The van der Waals surface area contributed by atoms with E-state index < -0.39 is 0 Å². The number of carbonyl (C=O) groups is 1. The van der Waals surface area contributed by atoms with Crippen molar-refractivity contribution in [2.24, 2.45) is 0 Å². The molecule has 0 aliphatic carbocycles. The van der Waals surface area contributed by atoms with Crippen molar-refractivity contribution in [1.29, 1.82) is 0 Å². The van der Waals surface area contributed by atoms with Crippen LogP contribution in [0.15, 0.2) is 34.9 Å². The van der Waals surface area contributed by atoms with Gasteiger partial charge in [0.05, 0.1) is 0 Å². The number of hydrogen-bond acceptors (Lipinski definition) is 1. The van der Waals surface area contributed by atoms with Crippen LogP contribution in [0.3, 0.4) is 0 Å². The average molecular weight is 294 g/mol. The van der Waals surface area contributed by atoms with Gasteiger partial charge >= 0.3 is 0 Å². The van der Waals surface area contributed by atoms with Crippen LogP contribution < -0.4 is 0 Å². The number of hydrogen-bond donors (Lipinski definition) is 0. The first kappa shape index (κ1) is 12.4. The monoisotopic (exact) mass is 293 g/mol. The molecule has 3 heteroatoms. The van der Waals surface area contributed by atoms with Gasteiger partial charge in [-0.25, -0.2) is 0 Å². The second-order valence-corrected chi connectivity index (χ2v) is 5.12. The van der Waals surface area contributed by atoms with Crippen LogP contribution in [0.25, 0.3) is 10.9 Å². The molecule has 0 aliphatic rings. The van der Waals surface area contributed by atoms with Crippen LogP contribution in [0, 0.1) is 0 Å². The highest BCUT2D eigenvalue weighted by molar-refractivity contribution is 9.10. The first-order valence-corrected chi connectivity index (χ1v) is 6.76. The van der Waals surface area contributed by atoms with Gasteiger partial charge in [-0.1, -0.05) is 22.9 Å². The maximum Gasteiger partial charge on any atom is 0.132 e. The number of benzene rings is 1. The second-order valence-electron chi connectivity index (χ2n) is 4.21. The van der Waals surface area contributed by atoms with E-state index in [1.807, 2.05) is 6.92 Å². The smallest absolute Gasteiger partial charge is 0.132 e. The van der Waals surface area contributed by atoms with Crippen molar-refractivity contribution in [2.45, 2.75) is 32.7 Å². The molecule has 0 amide bonds. The first-order valence-electron chi connectivity index (χ1n) is 5.97. The Morgan fingerprint density at radius 2 is 2.18 bits per heavy atom. The number of Topliss-reactive ketones (excluding diaryl/α,β-unsaturated/α-hetero) is 1. The zero-order valence-electron chi connectivity index (χ0n) is 9.95. The lowest BCUT2D eigenvalue weighted by molar-refractivity contribution is -0.118. The van der Waals surface area contributed by atoms with Crippen molar-refractivity contribution in [3.63, 3.8) is 0 Å². The Labute approximate surface area is 110 Å². The van der Waals surface area contributed by atoms with Crippen LogP contribution in [0.1, 0.15) is 26.2 Å². The maximum atomic E-state index is 11.2. The Morgan fingerprint density at radius 3 is 2.94 bits per heavy atom. The fourth-order valence-electron chi connectivity index (χ4n) is 1.99. The number of ketones is 1. The number of fused-ring (bicyclic) bond motifs is 1. The summed E-state index contributed by atoms with van der Waals surface area (Å²) in [7, 11) is 0. The summed E-state index contributed by atoms with van der Waals surface area (Å²) in [6.45, 7) is 2.84.